The van der Waals surface area contributed by atoms with Crippen LogP contribution in [0.3, 0.4) is 0 Å². The molecule has 26 heavy (non-hydrogen) atoms. The maximum atomic E-state index is 5.43. The first-order valence-corrected chi connectivity index (χ1v) is 9.67. The summed E-state index contributed by atoms with van der Waals surface area (Å²) in [7, 11) is 0. The topological polar surface area (TPSA) is 28.6 Å². The summed E-state index contributed by atoms with van der Waals surface area (Å²) >= 11 is 0. The quantitative estimate of drug-likeness (QED) is 0.842. The molecular formula is C22H29N3O. The molecule has 2 fully saturated rings. The molecule has 2 aliphatic rings. The van der Waals surface area contributed by atoms with Crippen molar-refractivity contribution < 1.29 is 4.74 Å². The smallest absolute Gasteiger partial charge is 0.128 e. The monoisotopic (exact) mass is 351 g/mol. The van der Waals surface area contributed by atoms with Crippen LogP contribution in [0.15, 0.2) is 48.7 Å². The van der Waals surface area contributed by atoms with E-state index in [4.69, 9.17) is 9.72 Å². The van der Waals surface area contributed by atoms with Crippen LogP contribution in [0.25, 0.3) is 0 Å². The fourth-order valence-electron chi connectivity index (χ4n) is 4.27. The molecule has 0 amide bonds. The minimum atomic E-state index is 0.246. The lowest BCUT2D eigenvalue weighted by atomic mass is 9.78. The Morgan fingerprint density at radius 2 is 1.85 bits per heavy atom. The fourth-order valence-corrected chi connectivity index (χ4v) is 4.27. The van der Waals surface area contributed by atoms with Crippen molar-refractivity contribution in [2.45, 2.75) is 26.3 Å². The summed E-state index contributed by atoms with van der Waals surface area (Å²) in [4.78, 5) is 9.66. The Bertz CT molecular complexity index is 708. The maximum absolute atomic E-state index is 5.43. The van der Waals surface area contributed by atoms with E-state index in [1.807, 2.05) is 6.20 Å². The molecule has 2 aromatic rings. The molecule has 0 aliphatic carbocycles. The van der Waals surface area contributed by atoms with Crippen LogP contribution < -0.4 is 4.90 Å². The molecule has 0 N–H and O–H groups in total. The third kappa shape index (κ3) is 3.76. The van der Waals surface area contributed by atoms with Crippen LogP contribution in [0.5, 0.6) is 0 Å². The Kier molecular flexibility index (Phi) is 4.96. The number of aromatic nitrogens is 1. The molecule has 0 radical (unpaired) electrons. The molecule has 4 nitrogen and oxygen atoms in total. The van der Waals surface area contributed by atoms with Crippen LogP contribution in [-0.2, 0) is 11.3 Å². The summed E-state index contributed by atoms with van der Waals surface area (Å²) in [6, 6.07) is 15.3. The third-order valence-corrected chi connectivity index (χ3v) is 5.79. The van der Waals surface area contributed by atoms with Crippen molar-refractivity contribution >= 4 is 5.82 Å². The highest BCUT2D eigenvalue weighted by Crippen LogP contribution is 2.43. The minimum absolute atomic E-state index is 0.246. The lowest BCUT2D eigenvalue weighted by Crippen LogP contribution is -2.35. The first-order valence-electron chi connectivity index (χ1n) is 9.67. The van der Waals surface area contributed by atoms with Crippen molar-refractivity contribution in [2.24, 2.45) is 5.41 Å². The zero-order valence-corrected chi connectivity index (χ0v) is 15.9. The summed E-state index contributed by atoms with van der Waals surface area (Å²) in [5, 5.41) is 0. The van der Waals surface area contributed by atoms with E-state index in [1.165, 1.54) is 11.1 Å². The summed E-state index contributed by atoms with van der Waals surface area (Å²) < 4.78 is 5.43. The van der Waals surface area contributed by atoms with Gasteiger partial charge >= 0.3 is 0 Å². The van der Waals surface area contributed by atoms with E-state index in [9.17, 15) is 0 Å². The van der Waals surface area contributed by atoms with Gasteiger partial charge in [-0.05, 0) is 22.6 Å². The van der Waals surface area contributed by atoms with E-state index in [2.05, 4.69) is 66.1 Å². The highest BCUT2D eigenvalue weighted by atomic mass is 16.5. The first-order chi connectivity index (χ1) is 12.6. The zero-order valence-electron chi connectivity index (χ0n) is 15.9. The normalized spacial score (nSPS) is 23.3. The van der Waals surface area contributed by atoms with E-state index in [-0.39, 0.29) is 5.41 Å². The van der Waals surface area contributed by atoms with Crippen LogP contribution in [0.2, 0.25) is 0 Å². The van der Waals surface area contributed by atoms with Crippen molar-refractivity contribution in [2.75, 3.05) is 44.3 Å². The molecule has 0 saturated carbocycles. The predicted molar refractivity (Wildman–Crippen MR) is 106 cm³/mol. The van der Waals surface area contributed by atoms with E-state index in [1.54, 1.807) is 0 Å². The number of hydrogen-bond acceptors (Lipinski definition) is 4. The molecule has 4 rings (SSSR count). The van der Waals surface area contributed by atoms with E-state index in [0.29, 0.717) is 5.92 Å². The number of ether oxygens (including phenoxy) is 1. The molecule has 0 unspecified atom stereocenters. The number of nitrogens with zero attached hydrogens (tertiary/aromatic N) is 3. The van der Waals surface area contributed by atoms with Crippen LogP contribution in [0.4, 0.5) is 5.82 Å². The molecule has 1 aromatic heterocycles. The number of rotatable bonds is 4. The van der Waals surface area contributed by atoms with Gasteiger partial charge in [-0.1, -0.05) is 50.2 Å². The molecular weight excluding hydrogens is 322 g/mol. The SMILES string of the molecule is CC1(C)CN(c2ccc(CN3CCOCC3)cn2)C[C@H]1c1ccccc1. The van der Waals surface area contributed by atoms with Crippen LogP contribution in [0, 0.1) is 5.41 Å². The minimum Gasteiger partial charge on any atom is -0.379 e. The van der Waals surface area contributed by atoms with Crippen molar-refractivity contribution in [3.8, 4) is 0 Å². The second kappa shape index (κ2) is 7.37. The average Bonchev–Trinajstić information content (AvgIpc) is 2.99. The second-order valence-electron chi connectivity index (χ2n) is 8.25. The Morgan fingerprint density at radius 1 is 1.08 bits per heavy atom. The van der Waals surface area contributed by atoms with E-state index >= 15 is 0 Å². The van der Waals surface area contributed by atoms with Gasteiger partial charge in [0, 0.05) is 44.8 Å². The Labute approximate surface area is 156 Å². The van der Waals surface area contributed by atoms with Gasteiger partial charge in [0.25, 0.3) is 0 Å². The Morgan fingerprint density at radius 3 is 2.54 bits per heavy atom. The third-order valence-electron chi connectivity index (χ3n) is 5.79. The van der Waals surface area contributed by atoms with Crippen LogP contribution in [-0.4, -0.2) is 49.3 Å². The van der Waals surface area contributed by atoms with Crippen LogP contribution in [0.1, 0.15) is 30.9 Å². The number of morpholine rings is 1. The summed E-state index contributed by atoms with van der Waals surface area (Å²) in [5.41, 5.74) is 2.97. The fraction of sp³-hybridized carbons (Fsp3) is 0.500. The van der Waals surface area contributed by atoms with E-state index < -0.39 is 0 Å². The molecule has 0 spiro atoms. The summed E-state index contributed by atoms with van der Waals surface area (Å²) in [6.07, 6.45) is 2.05. The van der Waals surface area contributed by atoms with Crippen molar-refractivity contribution in [3.63, 3.8) is 0 Å². The molecule has 3 heterocycles. The van der Waals surface area contributed by atoms with Crippen molar-refractivity contribution in [3.05, 3.63) is 59.8 Å². The molecule has 2 aliphatic heterocycles. The Balaban J connectivity index is 1.44. The van der Waals surface area contributed by atoms with Crippen molar-refractivity contribution in [1.29, 1.82) is 0 Å². The lowest BCUT2D eigenvalue weighted by Gasteiger charge is -2.26. The van der Waals surface area contributed by atoms with E-state index in [0.717, 1.165) is 51.8 Å². The van der Waals surface area contributed by atoms with Crippen molar-refractivity contribution in [1.82, 2.24) is 9.88 Å². The Hall–Kier alpha value is -1.91. The van der Waals surface area contributed by atoms with Gasteiger partial charge in [-0.25, -0.2) is 4.98 Å². The molecule has 2 saturated heterocycles. The summed E-state index contributed by atoms with van der Waals surface area (Å²) in [5.74, 6) is 1.64. The predicted octanol–water partition coefficient (Wildman–Crippen LogP) is 3.54. The standard InChI is InChI=1S/C22H29N3O/c1-22(2)17-25(16-20(22)19-6-4-3-5-7-19)21-9-8-18(14-23-21)15-24-10-12-26-13-11-24/h3-9,14,20H,10-13,15-17H2,1-2H3/t20-/m0/s1. The second-order valence-corrected chi connectivity index (χ2v) is 8.25. The van der Waals surface area contributed by atoms with Gasteiger partial charge in [0.15, 0.2) is 0 Å². The first kappa shape index (κ1) is 17.5. The zero-order chi connectivity index (χ0) is 18.0. The van der Waals surface area contributed by atoms with Gasteiger partial charge in [-0.2, -0.15) is 0 Å². The van der Waals surface area contributed by atoms with Gasteiger partial charge < -0.3 is 9.64 Å². The van der Waals surface area contributed by atoms with Gasteiger partial charge in [-0.3, -0.25) is 4.90 Å². The summed E-state index contributed by atoms with van der Waals surface area (Å²) in [6.45, 7) is 11.5. The largest absolute Gasteiger partial charge is 0.379 e. The number of anilines is 1. The molecule has 0 bridgehead atoms. The molecule has 4 heteroatoms. The average molecular weight is 351 g/mol. The lowest BCUT2D eigenvalue weighted by molar-refractivity contribution is 0.0341. The maximum Gasteiger partial charge on any atom is 0.128 e. The molecule has 138 valence electrons. The molecule has 1 aromatic carbocycles. The molecule has 1 atom stereocenters. The number of hydrogen-bond donors (Lipinski definition) is 0. The highest BCUT2D eigenvalue weighted by molar-refractivity contribution is 5.44. The highest BCUT2D eigenvalue weighted by Gasteiger charge is 2.40. The van der Waals surface area contributed by atoms with Crippen LogP contribution >= 0.6 is 0 Å². The van der Waals surface area contributed by atoms with Gasteiger partial charge in [0.2, 0.25) is 0 Å². The van der Waals surface area contributed by atoms with Gasteiger partial charge in [0.05, 0.1) is 13.2 Å². The van der Waals surface area contributed by atoms with Gasteiger partial charge in [0.1, 0.15) is 5.82 Å². The van der Waals surface area contributed by atoms with Gasteiger partial charge in [-0.15, -0.1) is 0 Å². The number of pyridine rings is 1. The number of benzene rings is 1.